The van der Waals surface area contributed by atoms with Crippen LogP contribution in [0.2, 0.25) is 0 Å². The summed E-state index contributed by atoms with van der Waals surface area (Å²) in [6.45, 7) is 0.356. The van der Waals surface area contributed by atoms with Crippen LogP contribution in [0.15, 0.2) is 43.0 Å². The van der Waals surface area contributed by atoms with E-state index in [9.17, 15) is 9.18 Å². The highest BCUT2D eigenvalue weighted by Crippen LogP contribution is 2.07. The number of rotatable bonds is 2. The second-order valence-corrected chi connectivity index (χ2v) is 3.74. The first-order valence-electron chi connectivity index (χ1n) is 5.14. The number of hydrogen-bond acceptors (Lipinski definition) is 2. The predicted molar refractivity (Wildman–Crippen MR) is 60.9 cm³/mol. The summed E-state index contributed by atoms with van der Waals surface area (Å²) in [5.41, 5.74) is 0.751. The van der Waals surface area contributed by atoms with Gasteiger partial charge in [0.1, 0.15) is 12.1 Å². The Kier molecular flexibility index (Phi) is 3.18. The van der Waals surface area contributed by atoms with Gasteiger partial charge in [0.15, 0.2) is 0 Å². The first-order valence-corrected chi connectivity index (χ1v) is 5.14. The lowest BCUT2D eigenvalue weighted by molar-refractivity contribution is 0.208. The first-order chi connectivity index (χ1) is 8.16. The summed E-state index contributed by atoms with van der Waals surface area (Å²) in [5.74, 6) is -0.300. The molecule has 0 fully saturated rings. The van der Waals surface area contributed by atoms with Crippen LogP contribution in [0.5, 0.6) is 0 Å². The number of amides is 1. The molecule has 0 N–H and O–H groups in total. The molecule has 0 aliphatic rings. The van der Waals surface area contributed by atoms with Crippen molar-refractivity contribution in [3.05, 3.63) is 54.4 Å². The van der Waals surface area contributed by atoms with Crippen LogP contribution in [-0.2, 0) is 6.54 Å². The summed E-state index contributed by atoms with van der Waals surface area (Å²) in [5, 5.41) is 0. The van der Waals surface area contributed by atoms with Crippen LogP contribution in [0.3, 0.4) is 0 Å². The van der Waals surface area contributed by atoms with Crippen LogP contribution in [0, 0.1) is 5.82 Å². The molecule has 0 saturated heterocycles. The minimum atomic E-state index is -0.300. The van der Waals surface area contributed by atoms with E-state index >= 15 is 0 Å². The molecule has 0 atom stereocenters. The topological polar surface area (TPSA) is 38.1 Å². The molecular weight excluding hydrogens is 221 g/mol. The quantitative estimate of drug-likeness (QED) is 0.796. The van der Waals surface area contributed by atoms with Crippen LogP contribution in [0.25, 0.3) is 0 Å². The molecule has 0 aliphatic heterocycles. The Morgan fingerprint density at radius 2 is 2.35 bits per heavy atom. The highest BCUT2D eigenvalue weighted by Gasteiger charge is 2.10. The van der Waals surface area contributed by atoms with Crippen molar-refractivity contribution in [2.75, 3.05) is 7.05 Å². The Labute approximate surface area is 98.3 Å². The van der Waals surface area contributed by atoms with Crippen molar-refractivity contribution in [2.24, 2.45) is 0 Å². The molecule has 1 heterocycles. The van der Waals surface area contributed by atoms with Gasteiger partial charge in [0.25, 0.3) is 0 Å². The Bertz CT molecular complexity index is 510. The first kappa shape index (κ1) is 11.3. The second kappa shape index (κ2) is 4.78. The third kappa shape index (κ3) is 2.69. The lowest BCUT2D eigenvalue weighted by Crippen LogP contribution is -2.29. The minimum absolute atomic E-state index is 0.202. The Balaban J connectivity index is 2.07. The zero-order valence-corrected chi connectivity index (χ0v) is 9.38. The molecule has 0 spiro atoms. The average molecular weight is 233 g/mol. The summed E-state index contributed by atoms with van der Waals surface area (Å²) in [6, 6.07) is 5.99. The molecule has 88 valence electrons. The number of nitrogens with zero attached hydrogens (tertiary/aromatic N) is 3. The summed E-state index contributed by atoms with van der Waals surface area (Å²) in [6.07, 6.45) is 4.54. The van der Waals surface area contributed by atoms with Gasteiger partial charge in [-0.25, -0.2) is 14.2 Å². The van der Waals surface area contributed by atoms with Crippen LogP contribution in [0.4, 0.5) is 9.18 Å². The Morgan fingerprint density at radius 1 is 1.53 bits per heavy atom. The van der Waals surface area contributed by atoms with E-state index in [1.165, 1.54) is 34.1 Å². The van der Waals surface area contributed by atoms with Crippen LogP contribution in [-0.4, -0.2) is 27.5 Å². The van der Waals surface area contributed by atoms with E-state index in [1.807, 2.05) is 0 Å². The van der Waals surface area contributed by atoms with Crippen molar-refractivity contribution in [1.29, 1.82) is 0 Å². The molecule has 0 bridgehead atoms. The van der Waals surface area contributed by atoms with Crippen molar-refractivity contribution < 1.29 is 9.18 Å². The Morgan fingerprint density at radius 3 is 3.00 bits per heavy atom. The smallest absolute Gasteiger partial charge is 0.323 e. The third-order valence-electron chi connectivity index (χ3n) is 2.36. The number of carbonyl (C=O) groups excluding carboxylic acids is 1. The van der Waals surface area contributed by atoms with Gasteiger partial charge in [-0.1, -0.05) is 12.1 Å². The fourth-order valence-electron chi connectivity index (χ4n) is 1.55. The highest BCUT2D eigenvalue weighted by atomic mass is 19.1. The van der Waals surface area contributed by atoms with E-state index in [4.69, 9.17) is 0 Å². The van der Waals surface area contributed by atoms with E-state index in [0.29, 0.717) is 6.54 Å². The van der Waals surface area contributed by atoms with Crippen LogP contribution < -0.4 is 0 Å². The van der Waals surface area contributed by atoms with E-state index in [1.54, 1.807) is 25.4 Å². The molecule has 2 aromatic rings. The van der Waals surface area contributed by atoms with Gasteiger partial charge < -0.3 is 4.90 Å². The monoisotopic (exact) mass is 233 g/mol. The summed E-state index contributed by atoms with van der Waals surface area (Å²) in [7, 11) is 1.66. The molecule has 1 amide bonds. The molecule has 0 unspecified atom stereocenters. The minimum Gasteiger partial charge on any atom is -0.323 e. The fraction of sp³-hybridized carbons (Fsp3) is 0.167. The summed E-state index contributed by atoms with van der Waals surface area (Å²) >= 11 is 0. The molecule has 17 heavy (non-hydrogen) atoms. The fourth-order valence-corrected chi connectivity index (χ4v) is 1.55. The third-order valence-corrected chi connectivity index (χ3v) is 2.36. The molecule has 0 aliphatic carbocycles. The maximum atomic E-state index is 13.0. The summed E-state index contributed by atoms with van der Waals surface area (Å²) < 4.78 is 14.3. The van der Waals surface area contributed by atoms with Gasteiger partial charge in [0, 0.05) is 26.0 Å². The number of halogens is 1. The molecule has 0 radical (unpaired) electrons. The van der Waals surface area contributed by atoms with Gasteiger partial charge in [0.05, 0.1) is 0 Å². The molecule has 4 nitrogen and oxygen atoms in total. The average Bonchev–Trinajstić information content (AvgIpc) is 2.81. The molecule has 1 aromatic carbocycles. The number of benzene rings is 1. The zero-order chi connectivity index (χ0) is 12.3. The maximum Gasteiger partial charge on any atom is 0.329 e. The van der Waals surface area contributed by atoms with Crippen molar-refractivity contribution in [1.82, 2.24) is 14.5 Å². The lowest BCUT2D eigenvalue weighted by atomic mass is 10.2. The predicted octanol–water partition coefficient (Wildman–Crippen LogP) is 2.12. The highest BCUT2D eigenvalue weighted by molar-refractivity contribution is 5.76. The largest absolute Gasteiger partial charge is 0.329 e. The number of carbonyl (C=O) groups is 1. The van der Waals surface area contributed by atoms with Crippen molar-refractivity contribution >= 4 is 6.03 Å². The SMILES string of the molecule is CN(Cc1cccc(F)c1)C(=O)n1ccnc1. The van der Waals surface area contributed by atoms with Gasteiger partial charge >= 0.3 is 6.03 Å². The van der Waals surface area contributed by atoms with Gasteiger partial charge in [-0.3, -0.25) is 4.57 Å². The normalized spacial score (nSPS) is 10.2. The van der Waals surface area contributed by atoms with E-state index < -0.39 is 0 Å². The van der Waals surface area contributed by atoms with Crippen LogP contribution in [0.1, 0.15) is 5.56 Å². The maximum absolute atomic E-state index is 13.0. The standard InChI is InChI=1S/C12H12FN3O/c1-15(12(17)16-6-5-14-9-16)8-10-3-2-4-11(13)7-10/h2-7,9H,8H2,1H3. The number of aromatic nitrogens is 2. The summed E-state index contributed by atoms with van der Waals surface area (Å²) in [4.78, 5) is 17.1. The van der Waals surface area contributed by atoms with Crippen molar-refractivity contribution in [2.45, 2.75) is 6.54 Å². The van der Waals surface area contributed by atoms with Gasteiger partial charge in [-0.15, -0.1) is 0 Å². The molecule has 5 heteroatoms. The zero-order valence-electron chi connectivity index (χ0n) is 9.38. The molecule has 0 saturated carbocycles. The lowest BCUT2D eigenvalue weighted by Gasteiger charge is -2.17. The van der Waals surface area contributed by atoms with Crippen LogP contribution >= 0.6 is 0 Å². The second-order valence-electron chi connectivity index (χ2n) is 3.74. The van der Waals surface area contributed by atoms with E-state index in [0.717, 1.165) is 5.56 Å². The van der Waals surface area contributed by atoms with Gasteiger partial charge in [-0.05, 0) is 17.7 Å². The molecule has 1 aromatic heterocycles. The Hall–Kier alpha value is -2.17. The number of imidazole rings is 1. The molecular formula is C12H12FN3O. The molecule has 2 rings (SSSR count). The van der Waals surface area contributed by atoms with E-state index in [-0.39, 0.29) is 11.8 Å². The van der Waals surface area contributed by atoms with Crippen molar-refractivity contribution in [3.63, 3.8) is 0 Å². The van der Waals surface area contributed by atoms with Gasteiger partial charge in [-0.2, -0.15) is 0 Å². The van der Waals surface area contributed by atoms with E-state index in [2.05, 4.69) is 4.98 Å². The number of hydrogen-bond donors (Lipinski definition) is 0. The van der Waals surface area contributed by atoms with Gasteiger partial charge in [0.2, 0.25) is 0 Å². The van der Waals surface area contributed by atoms with Crippen molar-refractivity contribution in [3.8, 4) is 0 Å².